The average molecular weight is 200 g/mol. The minimum absolute atomic E-state index is 0.274. The van der Waals surface area contributed by atoms with Gasteiger partial charge >= 0.3 is 0 Å². The fourth-order valence-electron chi connectivity index (χ4n) is 2.13. The average Bonchev–Trinajstić information content (AvgIpc) is 2.66. The van der Waals surface area contributed by atoms with Crippen LogP contribution in [0.5, 0.6) is 0 Å². The molecule has 0 aliphatic carbocycles. The van der Waals surface area contributed by atoms with Gasteiger partial charge in [-0.3, -0.25) is 9.80 Å². The Bertz CT molecular complexity index is 163. The molecule has 0 aromatic heterocycles. The molecule has 2 atom stereocenters. The highest BCUT2D eigenvalue weighted by molar-refractivity contribution is 4.84. The fourth-order valence-corrected chi connectivity index (χ4v) is 2.13. The molecular formula is C11H24N2O. The number of rotatable bonds is 5. The molecule has 1 rings (SSSR count). The van der Waals surface area contributed by atoms with Crippen LogP contribution in [0.1, 0.15) is 26.7 Å². The maximum Gasteiger partial charge on any atom is 0.0558 e. The van der Waals surface area contributed by atoms with Gasteiger partial charge in [0.15, 0.2) is 0 Å². The minimum atomic E-state index is 0.274. The summed E-state index contributed by atoms with van der Waals surface area (Å²) in [6, 6.07) is 1.36. The number of likely N-dealkylation sites (N-methyl/N-ethyl adjacent to an activating group) is 1. The summed E-state index contributed by atoms with van der Waals surface area (Å²) in [5.74, 6) is 0. The van der Waals surface area contributed by atoms with Crippen molar-refractivity contribution in [2.75, 3.05) is 33.3 Å². The van der Waals surface area contributed by atoms with Gasteiger partial charge in [-0.15, -0.1) is 0 Å². The number of aliphatic hydroxyl groups is 1. The highest BCUT2D eigenvalue weighted by atomic mass is 16.3. The predicted octanol–water partition coefficient (Wildman–Crippen LogP) is 0.783. The van der Waals surface area contributed by atoms with Gasteiger partial charge in [0, 0.05) is 31.7 Å². The molecule has 0 radical (unpaired) electrons. The summed E-state index contributed by atoms with van der Waals surface area (Å²) in [6.45, 7) is 8.01. The van der Waals surface area contributed by atoms with Crippen molar-refractivity contribution in [3.05, 3.63) is 0 Å². The van der Waals surface area contributed by atoms with Crippen molar-refractivity contribution in [2.24, 2.45) is 0 Å². The third kappa shape index (κ3) is 2.94. The van der Waals surface area contributed by atoms with Gasteiger partial charge in [0.05, 0.1) is 6.61 Å². The molecule has 3 heteroatoms. The second-order valence-electron chi connectivity index (χ2n) is 4.40. The second kappa shape index (κ2) is 5.69. The zero-order chi connectivity index (χ0) is 10.6. The molecule has 1 heterocycles. The third-order valence-corrected chi connectivity index (χ3v) is 3.49. The third-order valence-electron chi connectivity index (χ3n) is 3.49. The molecule has 0 bridgehead atoms. The van der Waals surface area contributed by atoms with Gasteiger partial charge in [-0.2, -0.15) is 0 Å². The van der Waals surface area contributed by atoms with E-state index in [1.165, 1.54) is 25.9 Å². The number of aliphatic hydroxyl groups excluding tert-OH is 1. The lowest BCUT2D eigenvalue weighted by atomic mass is 10.2. The maximum atomic E-state index is 8.86. The molecule has 1 aliphatic rings. The standard InChI is InChI=1S/C11H24N2O/c1-4-10(2)13-6-5-11(9-13)12(3)7-8-14/h10-11,14H,4-9H2,1-3H3. The van der Waals surface area contributed by atoms with Gasteiger partial charge in [-0.25, -0.2) is 0 Å². The van der Waals surface area contributed by atoms with Crippen molar-refractivity contribution in [1.82, 2.24) is 9.80 Å². The Labute approximate surface area is 87.7 Å². The van der Waals surface area contributed by atoms with Crippen LogP contribution in [0, 0.1) is 0 Å². The molecule has 0 amide bonds. The summed E-state index contributed by atoms with van der Waals surface area (Å²) in [5, 5.41) is 8.86. The van der Waals surface area contributed by atoms with E-state index in [2.05, 4.69) is 30.7 Å². The summed E-state index contributed by atoms with van der Waals surface area (Å²) in [4.78, 5) is 4.83. The normalized spacial score (nSPS) is 25.9. The van der Waals surface area contributed by atoms with Crippen LogP contribution in [-0.2, 0) is 0 Å². The largest absolute Gasteiger partial charge is 0.395 e. The molecule has 0 aromatic carbocycles. The smallest absolute Gasteiger partial charge is 0.0558 e. The molecule has 2 unspecified atom stereocenters. The summed E-state index contributed by atoms with van der Waals surface area (Å²) < 4.78 is 0. The van der Waals surface area contributed by atoms with Crippen molar-refractivity contribution >= 4 is 0 Å². The van der Waals surface area contributed by atoms with Crippen molar-refractivity contribution in [3.8, 4) is 0 Å². The Hall–Kier alpha value is -0.120. The molecular weight excluding hydrogens is 176 g/mol. The van der Waals surface area contributed by atoms with E-state index in [1.54, 1.807) is 0 Å². The van der Waals surface area contributed by atoms with Gasteiger partial charge in [-0.05, 0) is 26.8 Å². The minimum Gasteiger partial charge on any atom is -0.395 e. The van der Waals surface area contributed by atoms with Crippen molar-refractivity contribution in [1.29, 1.82) is 0 Å². The van der Waals surface area contributed by atoms with E-state index >= 15 is 0 Å². The maximum absolute atomic E-state index is 8.86. The summed E-state index contributed by atoms with van der Waals surface area (Å²) >= 11 is 0. The fraction of sp³-hybridized carbons (Fsp3) is 1.00. The molecule has 84 valence electrons. The van der Waals surface area contributed by atoms with Gasteiger partial charge < -0.3 is 5.11 Å². The van der Waals surface area contributed by atoms with Crippen LogP contribution in [0.2, 0.25) is 0 Å². The van der Waals surface area contributed by atoms with Crippen LogP contribution < -0.4 is 0 Å². The summed E-state index contributed by atoms with van der Waals surface area (Å²) in [5.41, 5.74) is 0. The van der Waals surface area contributed by atoms with Crippen LogP contribution in [0.25, 0.3) is 0 Å². The van der Waals surface area contributed by atoms with E-state index in [9.17, 15) is 0 Å². The quantitative estimate of drug-likeness (QED) is 0.710. The molecule has 0 aromatic rings. The highest BCUT2D eigenvalue weighted by Gasteiger charge is 2.27. The number of nitrogens with zero attached hydrogens (tertiary/aromatic N) is 2. The van der Waals surface area contributed by atoms with Crippen LogP contribution in [0.3, 0.4) is 0 Å². The zero-order valence-electron chi connectivity index (χ0n) is 9.74. The van der Waals surface area contributed by atoms with Gasteiger partial charge in [0.2, 0.25) is 0 Å². The van der Waals surface area contributed by atoms with Crippen LogP contribution in [0.4, 0.5) is 0 Å². The molecule has 3 nitrogen and oxygen atoms in total. The monoisotopic (exact) mass is 200 g/mol. The molecule has 0 saturated carbocycles. The highest BCUT2D eigenvalue weighted by Crippen LogP contribution is 2.17. The van der Waals surface area contributed by atoms with E-state index in [0.717, 1.165) is 6.54 Å². The van der Waals surface area contributed by atoms with Gasteiger partial charge in [0.25, 0.3) is 0 Å². The molecule has 0 spiro atoms. The Morgan fingerprint density at radius 3 is 2.86 bits per heavy atom. The molecule has 1 N–H and O–H groups in total. The Balaban J connectivity index is 2.33. The molecule has 1 saturated heterocycles. The second-order valence-corrected chi connectivity index (χ2v) is 4.40. The van der Waals surface area contributed by atoms with E-state index in [0.29, 0.717) is 12.1 Å². The lowest BCUT2D eigenvalue weighted by molar-refractivity contribution is 0.169. The van der Waals surface area contributed by atoms with E-state index in [-0.39, 0.29) is 6.61 Å². The zero-order valence-corrected chi connectivity index (χ0v) is 9.74. The van der Waals surface area contributed by atoms with Gasteiger partial charge in [-0.1, -0.05) is 6.92 Å². The lowest BCUT2D eigenvalue weighted by Gasteiger charge is -2.26. The first-order valence-electron chi connectivity index (χ1n) is 5.74. The van der Waals surface area contributed by atoms with E-state index in [1.807, 2.05) is 0 Å². The SMILES string of the molecule is CCC(C)N1CCC(N(C)CCO)C1. The predicted molar refractivity (Wildman–Crippen MR) is 59.4 cm³/mol. The van der Waals surface area contributed by atoms with Crippen molar-refractivity contribution in [3.63, 3.8) is 0 Å². The van der Waals surface area contributed by atoms with E-state index < -0.39 is 0 Å². The first kappa shape index (κ1) is 12.0. The van der Waals surface area contributed by atoms with E-state index in [4.69, 9.17) is 5.11 Å². The summed E-state index contributed by atoms with van der Waals surface area (Å²) in [6.07, 6.45) is 2.48. The van der Waals surface area contributed by atoms with Crippen molar-refractivity contribution < 1.29 is 5.11 Å². The number of likely N-dealkylation sites (tertiary alicyclic amines) is 1. The van der Waals surface area contributed by atoms with Crippen molar-refractivity contribution in [2.45, 2.75) is 38.8 Å². The first-order valence-corrected chi connectivity index (χ1v) is 5.74. The Kier molecular flexibility index (Phi) is 4.85. The molecule has 1 fully saturated rings. The number of hydrogen-bond acceptors (Lipinski definition) is 3. The Morgan fingerprint density at radius 2 is 2.29 bits per heavy atom. The lowest BCUT2D eigenvalue weighted by Crippen LogP contribution is -2.38. The van der Waals surface area contributed by atoms with Gasteiger partial charge in [0.1, 0.15) is 0 Å². The number of hydrogen-bond donors (Lipinski definition) is 1. The van der Waals surface area contributed by atoms with Crippen LogP contribution >= 0.6 is 0 Å². The Morgan fingerprint density at radius 1 is 1.57 bits per heavy atom. The first-order chi connectivity index (χ1) is 6.69. The van der Waals surface area contributed by atoms with Crippen LogP contribution in [-0.4, -0.2) is 60.3 Å². The molecule has 1 aliphatic heterocycles. The van der Waals surface area contributed by atoms with Crippen LogP contribution in [0.15, 0.2) is 0 Å². The molecule has 14 heavy (non-hydrogen) atoms. The topological polar surface area (TPSA) is 26.7 Å². The summed E-state index contributed by atoms with van der Waals surface area (Å²) in [7, 11) is 2.11.